The van der Waals surface area contributed by atoms with E-state index in [1.54, 1.807) is 4.31 Å². The maximum Gasteiger partial charge on any atom is 0.275 e. The lowest BCUT2D eigenvalue weighted by molar-refractivity contribution is -0.895. The molecule has 6 nitrogen and oxygen atoms in total. The number of nitrogens with one attached hydrogen (secondary N) is 2. The van der Waals surface area contributed by atoms with Crippen molar-refractivity contribution in [1.82, 2.24) is 9.62 Å². The first-order valence-corrected chi connectivity index (χ1v) is 11.6. The summed E-state index contributed by atoms with van der Waals surface area (Å²) in [5.74, 6) is 0.0390. The van der Waals surface area contributed by atoms with Gasteiger partial charge in [-0.25, -0.2) is 8.42 Å². The number of hydrogen-bond acceptors (Lipinski definition) is 3. The van der Waals surface area contributed by atoms with E-state index in [1.165, 1.54) is 0 Å². The number of carbonyl (C=O) groups excluding carboxylic acids is 1. The first-order valence-electron chi connectivity index (χ1n) is 10.2. The zero-order valence-corrected chi connectivity index (χ0v) is 19.2. The molecule has 0 aliphatic carbocycles. The summed E-state index contributed by atoms with van der Waals surface area (Å²) in [4.78, 5) is 13.7. The van der Waals surface area contributed by atoms with Gasteiger partial charge in [-0.2, -0.15) is 4.31 Å². The van der Waals surface area contributed by atoms with Crippen LogP contribution in [-0.2, 0) is 14.8 Å². The number of rotatable bonds is 6. The molecular formula is C21H36N3O3S+. The van der Waals surface area contributed by atoms with Gasteiger partial charge in [-0.15, -0.1) is 0 Å². The van der Waals surface area contributed by atoms with E-state index >= 15 is 0 Å². The van der Waals surface area contributed by atoms with Crippen LogP contribution in [0.5, 0.6) is 0 Å². The van der Waals surface area contributed by atoms with Crippen LogP contribution in [0.15, 0.2) is 4.90 Å². The van der Waals surface area contributed by atoms with Gasteiger partial charge in [0.2, 0.25) is 10.0 Å². The van der Waals surface area contributed by atoms with Gasteiger partial charge in [0.1, 0.15) is 0 Å². The molecule has 1 saturated heterocycles. The maximum absolute atomic E-state index is 13.4. The van der Waals surface area contributed by atoms with Crippen molar-refractivity contribution in [1.29, 1.82) is 0 Å². The predicted molar refractivity (Wildman–Crippen MR) is 112 cm³/mol. The van der Waals surface area contributed by atoms with Crippen molar-refractivity contribution in [2.75, 3.05) is 32.7 Å². The summed E-state index contributed by atoms with van der Waals surface area (Å²) in [6, 6.07) is 0.174. The Balaban J connectivity index is 2.13. The largest absolute Gasteiger partial charge is 0.349 e. The number of piperazine rings is 1. The third kappa shape index (κ3) is 4.58. The SMILES string of the molecule is CC[C@H](C)NC(=O)C[NH+]1CCN(S(=O)(=O)c2c(C)c(C)c(C)c(C)c2C)CC1. The molecule has 158 valence electrons. The Hall–Kier alpha value is -1.44. The second-order valence-electron chi connectivity index (χ2n) is 8.16. The van der Waals surface area contributed by atoms with Gasteiger partial charge in [0.15, 0.2) is 6.54 Å². The van der Waals surface area contributed by atoms with Crippen LogP contribution in [0.25, 0.3) is 0 Å². The van der Waals surface area contributed by atoms with E-state index in [4.69, 9.17) is 0 Å². The zero-order chi connectivity index (χ0) is 21.2. The Morgan fingerprint density at radius 1 is 1.00 bits per heavy atom. The maximum atomic E-state index is 13.4. The third-order valence-electron chi connectivity index (χ3n) is 6.39. The van der Waals surface area contributed by atoms with Crippen molar-refractivity contribution < 1.29 is 18.1 Å². The molecule has 1 heterocycles. The van der Waals surface area contributed by atoms with Crippen molar-refractivity contribution in [3.63, 3.8) is 0 Å². The fraction of sp³-hybridized carbons (Fsp3) is 0.667. The molecule has 1 atom stereocenters. The van der Waals surface area contributed by atoms with Crippen molar-refractivity contribution in [2.45, 2.75) is 65.8 Å². The molecule has 0 aromatic heterocycles. The first kappa shape index (κ1) is 22.8. The Morgan fingerprint density at radius 3 is 1.93 bits per heavy atom. The molecule has 28 heavy (non-hydrogen) atoms. The fourth-order valence-electron chi connectivity index (χ4n) is 3.86. The van der Waals surface area contributed by atoms with Crippen molar-refractivity contribution in [3.05, 3.63) is 27.8 Å². The predicted octanol–water partition coefficient (Wildman–Crippen LogP) is 1.03. The quantitative estimate of drug-likeness (QED) is 0.736. The molecule has 1 aliphatic heterocycles. The number of amides is 1. The lowest BCUT2D eigenvalue weighted by Crippen LogP contribution is -3.15. The normalized spacial score (nSPS) is 17.5. The van der Waals surface area contributed by atoms with Gasteiger partial charge >= 0.3 is 0 Å². The number of quaternary nitrogens is 1. The van der Waals surface area contributed by atoms with E-state index in [2.05, 4.69) is 5.32 Å². The summed E-state index contributed by atoms with van der Waals surface area (Å²) >= 11 is 0. The van der Waals surface area contributed by atoms with Gasteiger partial charge in [-0.3, -0.25) is 4.79 Å². The van der Waals surface area contributed by atoms with Crippen LogP contribution in [0.1, 0.15) is 48.1 Å². The highest BCUT2D eigenvalue weighted by Crippen LogP contribution is 2.31. The number of carbonyl (C=O) groups is 1. The summed E-state index contributed by atoms with van der Waals surface area (Å²) in [7, 11) is -3.54. The molecule has 0 radical (unpaired) electrons. The Bertz CT molecular complexity index is 812. The molecular weight excluding hydrogens is 374 g/mol. The van der Waals surface area contributed by atoms with Gasteiger partial charge in [0.05, 0.1) is 31.1 Å². The number of sulfonamides is 1. The number of benzene rings is 1. The molecule has 0 unspecified atom stereocenters. The van der Waals surface area contributed by atoms with Crippen LogP contribution in [0.4, 0.5) is 0 Å². The molecule has 2 rings (SSSR count). The number of nitrogens with zero attached hydrogens (tertiary/aromatic N) is 1. The molecule has 0 spiro atoms. The monoisotopic (exact) mass is 410 g/mol. The van der Waals surface area contributed by atoms with E-state index in [-0.39, 0.29) is 11.9 Å². The Morgan fingerprint density at radius 2 is 1.46 bits per heavy atom. The summed E-state index contributed by atoms with van der Waals surface area (Å²) in [6.45, 7) is 16.5. The van der Waals surface area contributed by atoms with E-state index in [0.717, 1.165) is 39.1 Å². The molecule has 1 aliphatic rings. The lowest BCUT2D eigenvalue weighted by atomic mass is 9.95. The van der Waals surface area contributed by atoms with Gasteiger partial charge in [0, 0.05) is 6.04 Å². The van der Waals surface area contributed by atoms with Gasteiger partial charge in [-0.1, -0.05) is 6.92 Å². The summed E-state index contributed by atoms with van der Waals surface area (Å²) in [5.41, 5.74) is 4.96. The molecule has 2 N–H and O–H groups in total. The smallest absolute Gasteiger partial charge is 0.275 e. The molecule has 0 bridgehead atoms. The molecule has 1 fully saturated rings. The highest BCUT2D eigenvalue weighted by molar-refractivity contribution is 7.89. The fourth-order valence-corrected chi connectivity index (χ4v) is 5.86. The molecule has 1 aromatic carbocycles. The molecule has 1 amide bonds. The van der Waals surface area contributed by atoms with E-state index < -0.39 is 10.0 Å². The molecule has 1 aromatic rings. The second kappa shape index (κ2) is 8.93. The third-order valence-corrected chi connectivity index (χ3v) is 8.56. The Kier molecular flexibility index (Phi) is 7.28. The van der Waals surface area contributed by atoms with Crippen molar-refractivity contribution >= 4 is 15.9 Å². The van der Waals surface area contributed by atoms with Crippen LogP contribution >= 0.6 is 0 Å². The van der Waals surface area contributed by atoms with Crippen molar-refractivity contribution in [2.24, 2.45) is 0 Å². The minimum Gasteiger partial charge on any atom is -0.349 e. The number of hydrogen-bond donors (Lipinski definition) is 2. The second-order valence-corrected chi connectivity index (χ2v) is 10.0. The van der Waals surface area contributed by atoms with Crippen LogP contribution < -0.4 is 10.2 Å². The lowest BCUT2D eigenvalue weighted by Gasteiger charge is -2.32. The summed E-state index contributed by atoms with van der Waals surface area (Å²) in [6.07, 6.45) is 0.904. The minimum atomic E-state index is -3.54. The standard InChI is InChI=1S/C21H35N3O3S/c1-8-14(2)22-20(25)13-23-9-11-24(12-10-23)28(26,27)21-18(6)16(4)15(3)17(5)19(21)7/h14H,8-13H2,1-7H3,(H,22,25)/p+1/t14-/m0/s1. The van der Waals surface area contributed by atoms with E-state index in [0.29, 0.717) is 37.6 Å². The van der Waals surface area contributed by atoms with Crippen LogP contribution in [0.3, 0.4) is 0 Å². The highest BCUT2D eigenvalue weighted by atomic mass is 32.2. The van der Waals surface area contributed by atoms with Gasteiger partial charge in [0.25, 0.3) is 5.91 Å². The van der Waals surface area contributed by atoms with Crippen LogP contribution in [-0.4, -0.2) is 57.4 Å². The summed E-state index contributed by atoms with van der Waals surface area (Å²) in [5, 5.41) is 2.99. The highest BCUT2D eigenvalue weighted by Gasteiger charge is 2.34. The topological polar surface area (TPSA) is 70.9 Å². The molecule has 7 heteroatoms. The average molecular weight is 411 g/mol. The zero-order valence-electron chi connectivity index (χ0n) is 18.4. The van der Waals surface area contributed by atoms with E-state index in [9.17, 15) is 13.2 Å². The average Bonchev–Trinajstić information content (AvgIpc) is 2.65. The Labute approximate surface area is 170 Å². The van der Waals surface area contributed by atoms with Gasteiger partial charge < -0.3 is 10.2 Å². The molecule has 0 saturated carbocycles. The van der Waals surface area contributed by atoms with Crippen LogP contribution in [0, 0.1) is 34.6 Å². The minimum absolute atomic E-state index is 0.0390. The van der Waals surface area contributed by atoms with Gasteiger partial charge in [-0.05, 0) is 75.8 Å². The van der Waals surface area contributed by atoms with Crippen molar-refractivity contribution in [3.8, 4) is 0 Å². The van der Waals surface area contributed by atoms with E-state index in [1.807, 2.05) is 48.5 Å². The van der Waals surface area contributed by atoms with Crippen LogP contribution in [0.2, 0.25) is 0 Å². The summed E-state index contributed by atoms with van der Waals surface area (Å²) < 4.78 is 28.4. The first-order chi connectivity index (χ1) is 13.0.